The summed E-state index contributed by atoms with van der Waals surface area (Å²) in [6.45, 7) is 0.190. The first-order valence-corrected chi connectivity index (χ1v) is 8.96. The van der Waals surface area contributed by atoms with Crippen molar-refractivity contribution < 1.29 is 13.6 Å². The van der Waals surface area contributed by atoms with Gasteiger partial charge in [-0.2, -0.15) is 0 Å². The average molecular weight is 387 g/mol. The number of benzene rings is 2. The van der Waals surface area contributed by atoms with E-state index in [1.807, 2.05) is 0 Å². The second-order valence-corrected chi connectivity index (χ2v) is 7.01. The molecule has 0 atom stereocenters. The Hall–Kier alpha value is -2.70. The van der Waals surface area contributed by atoms with Crippen molar-refractivity contribution in [2.75, 3.05) is 4.90 Å². The van der Waals surface area contributed by atoms with Gasteiger partial charge in [-0.3, -0.25) is 9.69 Å². The Bertz CT molecular complexity index is 1060. The van der Waals surface area contributed by atoms with Crippen LogP contribution in [0.5, 0.6) is 0 Å². The third-order valence-corrected chi connectivity index (χ3v) is 5.12. The fourth-order valence-electron chi connectivity index (χ4n) is 2.55. The first kappa shape index (κ1) is 16.8. The summed E-state index contributed by atoms with van der Waals surface area (Å²) in [4.78, 5) is 18.9. The topological polar surface area (TPSA) is 46.3 Å². The number of furan rings is 1. The Morgan fingerprint density at radius 2 is 1.96 bits per heavy atom. The number of halogens is 2. The zero-order valence-corrected chi connectivity index (χ0v) is 14.9. The molecule has 0 spiro atoms. The van der Waals surface area contributed by atoms with Crippen molar-refractivity contribution in [3.63, 3.8) is 0 Å². The lowest BCUT2D eigenvalue weighted by Gasteiger charge is -2.18. The predicted octanol–water partition coefficient (Wildman–Crippen LogP) is 5.53. The van der Waals surface area contributed by atoms with Gasteiger partial charge < -0.3 is 4.42 Å². The number of rotatable bonds is 4. The molecule has 26 heavy (non-hydrogen) atoms. The van der Waals surface area contributed by atoms with Gasteiger partial charge in [0, 0.05) is 10.6 Å². The maximum absolute atomic E-state index is 14.0. The summed E-state index contributed by atoms with van der Waals surface area (Å²) in [5, 5.41) is 0.947. The normalized spacial score (nSPS) is 11.0. The summed E-state index contributed by atoms with van der Waals surface area (Å²) in [5.74, 6) is -0.0773. The molecule has 0 saturated carbocycles. The van der Waals surface area contributed by atoms with Gasteiger partial charge in [0.25, 0.3) is 5.91 Å². The van der Waals surface area contributed by atoms with Gasteiger partial charge in [0.15, 0.2) is 5.13 Å². The highest BCUT2D eigenvalue weighted by molar-refractivity contribution is 7.22. The van der Waals surface area contributed by atoms with Crippen LogP contribution in [0.1, 0.15) is 16.1 Å². The van der Waals surface area contributed by atoms with E-state index in [0.717, 1.165) is 0 Å². The number of hydrogen-bond donors (Lipinski definition) is 0. The molecule has 0 aliphatic carbocycles. The van der Waals surface area contributed by atoms with E-state index in [-0.39, 0.29) is 18.0 Å². The molecular weight excluding hydrogens is 375 g/mol. The van der Waals surface area contributed by atoms with Crippen molar-refractivity contribution in [1.82, 2.24) is 4.98 Å². The average Bonchev–Trinajstić information content (AvgIpc) is 3.30. The van der Waals surface area contributed by atoms with Crippen LogP contribution in [-0.2, 0) is 6.54 Å². The molecule has 2 heterocycles. The van der Waals surface area contributed by atoms with Crippen LogP contribution in [0.15, 0.2) is 65.3 Å². The van der Waals surface area contributed by atoms with Crippen LogP contribution < -0.4 is 4.90 Å². The largest absolute Gasteiger partial charge is 0.467 e. The van der Waals surface area contributed by atoms with E-state index in [0.29, 0.717) is 26.2 Å². The number of para-hydroxylation sites is 1. The molecule has 0 fully saturated rings. The van der Waals surface area contributed by atoms with Gasteiger partial charge in [-0.15, -0.1) is 0 Å². The molecule has 130 valence electrons. The highest BCUT2D eigenvalue weighted by Gasteiger charge is 2.23. The number of hydrogen-bond acceptors (Lipinski definition) is 4. The Labute approximate surface area is 157 Å². The predicted molar refractivity (Wildman–Crippen MR) is 100 cm³/mol. The van der Waals surface area contributed by atoms with Crippen LogP contribution >= 0.6 is 22.9 Å². The van der Waals surface area contributed by atoms with Gasteiger partial charge in [-0.05, 0) is 48.5 Å². The number of fused-ring (bicyclic) bond motifs is 1. The fraction of sp³-hybridized carbons (Fsp3) is 0.0526. The second-order valence-electron chi connectivity index (χ2n) is 5.56. The number of nitrogens with zero attached hydrogens (tertiary/aromatic N) is 2. The van der Waals surface area contributed by atoms with Crippen molar-refractivity contribution in [2.24, 2.45) is 0 Å². The highest BCUT2D eigenvalue weighted by Crippen LogP contribution is 2.32. The molecule has 0 N–H and O–H groups in total. The zero-order valence-electron chi connectivity index (χ0n) is 13.4. The maximum Gasteiger partial charge on any atom is 0.260 e. The summed E-state index contributed by atoms with van der Waals surface area (Å²) in [7, 11) is 0. The van der Waals surface area contributed by atoms with Gasteiger partial charge in [0.2, 0.25) is 0 Å². The van der Waals surface area contributed by atoms with Crippen LogP contribution in [0.25, 0.3) is 10.2 Å². The SMILES string of the molecule is O=C(c1ccc(Cl)cc1)N(Cc1ccco1)c1nc2c(F)cccc2s1. The second kappa shape index (κ2) is 6.90. The molecule has 0 aliphatic heterocycles. The Kier molecular flexibility index (Phi) is 4.44. The van der Waals surface area contributed by atoms with E-state index in [4.69, 9.17) is 16.0 Å². The van der Waals surface area contributed by atoms with Crippen molar-refractivity contribution in [3.05, 3.63) is 83.0 Å². The van der Waals surface area contributed by atoms with Crippen molar-refractivity contribution >= 4 is 44.2 Å². The molecule has 2 aromatic heterocycles. The summed E-state index contributed by atoms with van der Waals surface area (Å²) in [6.07, 6.45) is 1.54. The molecule has 4 nitrogen and oxygen atoms in total. The molecule has 0 saturated heterocycles. The van der Waals surface area contributed by atoms with Gasteiger partial charge in [-0.25, -0.2) is 9.37 Å². The molecule has 4 rings (SSSR count). The van der Waals surface area contributed by atoms with E-state index < -0.39 is 5.82 Å². The van der Waals surface area contributed by atoms with Crippen molar-refractivity contribution in [3.8, 4) is 0 Å². The Morgan fingerprint density at radius 1 is 1.15 bits per heavy atom. The maximum atomic E-state index is 14.0. The van der Waals surface area contributed by atoms with Crippen molar-refractivity contribution in [1.29, 1.82) is 0 Å². The third kappa shape index (κ3) is 3.21. The molecular formula is C19H12ClFN2O2S. The first-order valence-electron chi connectivity index (χ1n) is 7.77. The molecule has 0 unspecified atom stereocenters. The van der Waals surface area contributed by atoms with Crippen LogP contribution in [0.4, 0.5) is 9.52 Å². The number of amides is 1. The lowest BCUT2D eigenvalue weighted by Crippen LogP contribution is -2.30. The number of aromatic nitrogens is 1. The third-order valence-electron chi connectivity index (χ3n) is 3.82. The minimum Gasteiger partial charge on any atom is -0.467 e. The van der Waals surface area contributed by atoms with Gasteiger partial charge in [0.05, 0.1) is 17.5 Å². The van der Waals surface area contributed by atoms with Crippen LogP contribution in [-0.4, -0.2) is 10.9 Å². The lowest BCUT2D eigenvalue weighted by molar-refractivity contribution is 0.0983. The molecule has 7 heteroatoms. The summed E-state index contributed by atoms with van der Waals surface area (Å²) in [5.41, 5.74) is 0.710. The Morgan fingerprint density at radius 3 is 2.65 bits per heavy atom. The number of carbonyl (C=O) groups excluding carboxylic acids is 1. The monoisotopic (exact) mass is 386 g/mol. The smallest absolute Gasteiger partial charge is 0.260 e. The van der Waals surface area contributed by atoms with Gasteiger partial charge in [0.1, 0.15) is 17.1 Å². The van der Waals surface area contributed by atoms with Crippen LogP contribution in [0.2, 0.25) is 5.02 Å². The van der Waals surface area contributed by atoms with E-state index >= 15 is 0 Å². The van der Waals surface area contributed by atoms with Crippen LogP contribution in [0, 0.1) is 5.82 Å². The Balaban J connectivity index is 1.77. The molecule has 0 aliphatic rings. The summed E-state index contributed by atoms with van der Waals surface area (Å²) < 4.78 is 20.1. The molecule has 1 amide bonds. The fourth-order valence-corrected chi connectivity index (χ4v) is 3.66. The standard InChI is InChI=1S/C19H12ClFN2O2S/c20-13-8-6-12(7-9-13)18(24)23(11-14-3-2-10-25-14)19-22-17-15(21)4-1-5-16(17)26-19/h1-10H,11H2. The van der Waals surface area contributed by atoms with Crippen molar-refractivity contribution in [2.45, 2.75) is 6.54 Å². The molecule has 0 bridgehead atoms. The van der Waals surface area contributed by atoms with Gasteiger partial charge >= 0.3 is 0 Å². The van der Waals surface area contributed by atoms with E-state index in [2.05, 4.69) is 4.98 Å². The van der Waals surface area contributed by atoms with E-state index in [1.54, 1.807) is 48.5 Å². The molecule has 4 aromatic rings. The van der Waals surface area contributed by atoms with E-state index in [1.165, 1.54) is 28.6 Å². The minimum atomic E-state index is -0.415. The van der Waals surface area contributed by atoms with E-state index in [9.17, 15) is 9.18 Å². The first-order chi connectivity index (χ1) is 12.6. The number of carbonyl (C=O) groups is 1. The zero-order chi connectivity index (χ0) is 18.1. The molecule has 2 aromatic carbocycles. The quantitative estimate of drug-likeness (QED) is 0.463. The minimum absolute atomic E-state index is 0.190. The summed E-state index contributed by atoms with van der Waals surface area (Å²) >= 11 is 7.16. The number of thiazole rings is 1. The van der Waals surface area contributed by atoms with Gasteiger partial charge in [-0.1, -0.05) is 29.0 Å². The summed E-state index contributed by atoms with van der Waals surface area (Å²) in [6, 6.07) is 14.9. The molecule has 0 radical (unpaired) electrons. The lowest BCUT2D eigenvalue weighted by atomic mass is 10.2. The van der Waals surface area contributed by atoms with Crippen LogP contribution in [0.3, 0.4) is 0 Å². The number of anilines is 1. The highest BCUT2D eigenvalue weighted by atomic mass is 35.5.